The van der Waals surface area contributed by atoms with Gasteiger partial charge in [0.1, 0.15) is 0 Å². The van der Waals surface area contributed by atoms with Crippen molar-refractivity contribution < 1.29 is 18.9 Å². The fraction of sp³-hybridized carbons (Fsp3) is 0.538. The molecule has 0 aromatic heterocycles. The predicted octanol–water partition coefficient (Wildman–Crippen LogP) is 2.23. The second kappa shape index (κ2) is 6.52. The van der Waals surface area contributed by atoms with Gasteiger partial charge in [0.25, 0.3) is 0 Å². The first-order valence-corrected chi connectivity index (χ1v) is 15.8. The number of hydrogen-bond acceptors (Lipinski definition) is 4. The van der Waals surface area contributed by atoms with Crippen LogP contribution in [0.5, 0.6) is 17.2 Å². The standard InChI is InChI=1S/C10H13O4.3CH3.Sn/c1-11-7-14-9-6-4-5-8(12-2)10(9)13-3;;;;/h4-5H,7H2,1-3H3;3*1H3;. The topological polar surface area (TPSA) is 36.9 Å². The second-order valence-corrected chi connectivity index (χ2v) is 19.4. The summed E-state index contributed by atoms with van der Waals surface area (Å²) in [4.78, 5) is 6.99. The Morgan fingerprint density at radius 2 is 1.61 bits per heavy atom. The molecule has 0 atom stereocenters. The molecule has 4 nitrogen and oxygen atoms in total. The molecule has 0 saturated carbocycles. The van der Waals surface area contributed by atoms with Crippen molar-refractivity contribution in [1.82, 2.24) is 0 Å². The molecule has 0 radical (unpaired) electrons. The van der Waals surface area contributed by atoms with Crippen LogP contribution in [0, 0.1) is 0 Å². The summed E-state index contributed by atoms with van der Waals surface area (Å²) < 4.78 is 22.7. The van der Waals surface area contributed by atoms with Crippen LogP contribution in [0.3, 0.4) is 0 Å². The Kier molecular flexibility index (Phi) is 5.59. The summed E-state index contributed by atoms with van der Waals surface area (Å²) in [6, 6.07) is 4.03. The van der Waals surface area contributed by atoms with Crippen LogP contribution >= 0.6 is 0 Å². The van der Waals surface area contributed by atoms with Crippen LogP contribution in [0.15, 0.2) is 12.1 Å². The minimum absolute atomic E-state index is 0.207. The van der Waals surface area contributed by atoms with Crippen LogP contribution in [0.25, 0.3) is 0 Å². The van der Waals surface area contributed by atoms with Gasteiger partial charge in [-0.3, -0.25) is 0 Å². The van der Waals surface area contributed by atoms with Gasteiger partial charge < -0.3 is 0 Å². The van der Waals surface area contributed by atoms with E-state index in [1.807, 2.05) is 6.07 Å². The summed E-state index contributed by atoms with van der Waals surface area (Å²) in [5.74, 6) is 2.10. The van der Waals surface area contributed by atoms with Gasteiger partial charge in [-0.05, 0) is 0 Å². The maximum absolute atomic E-state index is 5.70. The van der Waals surface area contributed by atoms with Gasteiger partial charge >= 0.3 is 113 Å². The first-order valence-electron chi connectivity index (χ1n) is 5.83. The fourth-order valence-corrected chi connectivity index (χ4v) is 5.89. The van der Waals surface area contributed by atoms with Crippen LogP contribution in [-0.2, 0) is 4.74 Å². The molecule has 0 bridgehead atoms. The molecule has 5 heteroatoms. The molecule has 0 saturated heterocycles. The molecule has 1 rings (SSSR count). The Morgan fingerprint density at radius 3 is 2.06 bits per heavy atom. The molecule has 0 amide bonds. The third-order valence-electron chi connectivity index (χ3n) is 2.63. The van der Waals surface area contributed by atoms with Gasteiger partial charge in [-0.25, -0.2) is 0 Å². The molecule has 0 heterocycles. The van der Waals surface area contributed by atoms with Gasteiger partial charge in [-0.2, -0.15) is 0 Å². The summed E-state index contributed by atoms with van der Waals surface area (Å²) in [6.45, 7) is 0.207. The van der Waals surface area contributed by atoms with Crippen LogP contribution < -0.4 is 17.8 Å². The second-order valence-electron chi connectivity index (χ2n) is 4.98. The van der Waals surface area contributed by atoms with Crippen LogP contribution in [0.1, 0.15) is 0 Å². The van der Waals surface area contributed by atoms with Crippen molar-refractivity contribution in [1.29, 1.82) is 0 Å². The normalized spacial score (nSPS) is 11.2. The van der Waals surface area contributed by atoms with E-state index in [9.17, 15) is 0 Å². The van der Waals surface area contributed by atoms with Crippen molar-refractivity contribution in [2.75, 3.05) is 28.1 Å². The van der Waals surface area contributed by atoms with Gasteiger partial charge in [0.15, 0.2) is 0 Å². The van der Waals surface area contributed by atoms with E-state index < -0.39 is 18.4 Å². The quantitative estimate of drug-likeness (QED) is 0.576. The first kappa shape index (κ1) is 15.4. The van der Waals surface area contributed by atoms with E-state index in [1.165, 1.54) is 3.58 Å². The van der Waals surface area contributed by atoms with Crippen molar-refractivity contribution in [3.8, 4) is 17.2 Å². The van der Waals surface area contributed by atoms with Gasteiger partial charge in [0.2, 0.25) is 0 Å². The number of rotatable bonds is 6. The summed E-state index contributed by atoms with van der Waals surface area (Å²) in [5.41, 5.74) is 0. The van der Waals surface area contributed by atoms with E-state index in [0.29, 0.717) is 11.5 Å². The molecule has 0 aliphatic carbocycles. The van der Waals surface area contributed by atoms with Gasteiger partial charge in [-0.15, -0.1) is 0 Å². The van der Waals surface area contributed by atoms with Crippen LogP contribution in [0.4, 0.5) is 0 Å². The molecule has 0 spiro atoms. The molecule has 1 aromatic rings. The number of hydrogen-bond donors (Lipinski definition) is 0. The molecule has 0 aliphatic heterocycles. The fourth-order valence-electron chi connectivity index (χ4n) is 1.75. The monoisotopic (exact) mass is 362 g/mol. The third kappa shape index (κ3) is 3.45. The van der Waals surface area contributed by atoms with Crippen LogP contribution in [-0.4, -0.2) is 46.5 Å². The Hall–Kier alpha value is -0.621. The van der Waals surface area contributed by atoms with E-state index >= 15 is 0 Å². The predicted molar refractivity (Wildman–Crippen MR) is 75.0 cm³/mol. The molecule has 102 valence electrons. The molecule has 1 aromatic carbocycles. The molecule has 18 heavy (non-hydrogen) atoms. The van der Waals surface area contributed by atoms with Crippen molar-refractivity contribution >= 4 is 22.0 Å². The summed E-state index contributed by atoms with van der Waals surface area (Å²) in [7, 11) is 4.85. The summed E-state index contributed by atoms with van der Waals surface area (Å²) >= 11 is -2.28. The van der Waals surface area contributed by atoms with E-state index in [1.54, 1.807) is 21.3 Å². The van der Waals surface area contributed by atoms with Crippen molar-refractivity contribution in [2.24, 2.45) is 0 Å². The molecular formula is C13H22O4Sn. The minimum atomic E-state index is -2.28. The molecule has 0 aliphatic rings. The third-order valence-corrected chi connectivity index (χ3v) is 8.37. The average Bonchev–Trinajstić information content (AvgIpc) is 2.33. The Bertz CT molecular complexity index is 399. The first-order chi connectivity index (χ1) is 8.45. The molecular weight excluding hydrogens is 339 g/mol. The number of methoxy groups -OCH3 is 3. The zero-order valence-corrected chi connectivity index (χ0v) is 14.8. The Labute approximate surface area is 113 Å². The van der Waals surface area contributed by atoms with Gasteiger partial charge in [0.05, 0.1) is 0 Å². The van der Waals surface area contributed by atoms with E-state index in [4.69, 9.17) is 18.9 Å². The van der Waals surface area contributed by atoms with Gasteiger partial charge in [-0.1, -0.05) is 0 Å². The maximum atomic E-state index is 5.70. The Morgan fingerprint density at radius 1 is 0.944 bits per heavy atom. The van der Waals surface area contributed by atoms with Crippen LogP contribution in [0.2, 0.25) is 14.8 Å². The van der Waals surface area contributed by atoms with Crippen molar-refractivity contribution in [3.63, 3.8) is 0 Å². The molecule has 0 unspecified atom stereocenters. The summed E-state index contributed by atoms with van der Waals surface area (Å²) in [5, 5.41) is 0. The zero-order chi connectivity index (χ0) is 13.8. The summed E-state index contributed by atoms with van der Waals surface area (Å²) in [6.07, 6.45) is 0. The molecule has 0 fully saturated rings. The molecule has 0 N–H and O–H groups in total. The van der Waals surface area contributed by atoms with Crippen molar-refractivity contribution in [3.05, 3.63) is 12.1 Å². The van der Waals surface area contributed by atoms with E-state index in [2.05, 4.69) is 20.9 Å². The Balaban J connectivity index is 3.34. The number of benzene rings is 1. The van der Waals surface area contributed by atoms with Crippen molar-refractivity contribution in [2.45, 2.75) is 14.8 Å². The van der Waals surface area contributed by atoms with E-state index in [0.717, 1.165) is 5.75 Å². The number of ether oxygens (including phenoxy) is 4. The average molecular weight is 361 g/mol. The SMILES string of the molecule is COCOc1[c]([Sn]([CH3])([CH3])[CH3])ccc(OC)c1OC. The zero-order valence-electron chi connectivity index (χ0n) is 12.0. The van der Waals surface area contributed by atoms with E-state index in [-0.39, 0.29) is 6.79 Å². The van der Waals surface area contributed by atoms with Gasteiger partial charge in [0, 0.05) is 0 Å².